The zero-order valence-corrected chi connectivity index (χ0v) is 15.3. The SMILES string of the molecule is CC(C)C(=O)CN1CCC(C(=O)N2CCN(C(C)C)CC2)CC1. The molecule has 2 fully saturated rings. The fraction of sp³-hybridized carbons (Fsp3) is 0.889. The van der Waals surface area contributed by atoms with E-state index < -0.39 is 0 Å². The minimum atomic E-state index is 0.103. The van der Waals surface area contributed by atoms with Crippen LogP contribution in [0.1, 0.15) is 40.5 Å². The van der Waals surface area contributed by atoms with Crippen LogP contribution >= 0.6 is 0 Å². The molecular formula is C18H33N3O2. The predicted molar refractivity (Wildman–Crippen MR) is 92.3 cm³/mol. The number of carbonyl (C=O) groups excluding carboxylic acids is 2. The summed E-state index contributed by atoms with van der Waals surface area (Å²) in [6, 6.07) is 0.564. The van der Waals surface area contributed by atoms with Crippen molar-refractivity contribution in [2.75, 3.05) is 45.8 Å². The smallest absolute Gasteiger partial charge is 0.225 e. The Morgan fingerprint density at radius 2 is 1.48 bits per heavy atom. The molecular weight excluding hydrogens is 290 g/mol. The normalized spacial score (nSPS) is 22.1. The lowest BCUT2D eigenvalue weighted by Gasteiger charge is -2.39. The molecule has 0 atom stereocenters. The van der Waals surface area contributed by atoms with Gasteiger partial charge in [-0.15, -0.1) is 0 Å². The summed E-state index contributed by atoms with van der Waals surface area (Å²) in [5.74, 6) is 0.903. The summed E-state index contributed by atoms with van der Waals surface area (Å²) in [6.45, 7) is 14.3. The molecule has 0 radical (unpaired) electrons. The Labute approximate surface area is 141 Å². The third-order valence-corrected chi connectivity index (χ3v) is 5.32. The molecule has 2 heterocycles. The van der Waals surface area contributed by atoms with E-state index in [1.165, 1.54) is 0 Å². The number of Topliss-reactive ketones (excluding diaryl/α,β-unsaturated/α-hetero) is 1. The number of ketones is 1. The van der Waals surface area contributed by atoms with Crippen LogP contribution in [0.25, 0.3) is 0 Å². The molecule has 0 spiro atoms. The van der Waals surface area contributed by atoms with Crippen LogP contribution in [0, 0.1) is 11.8 Å². The molecule has 0 aromatic rings. The van der Waals surface area contributed by atoms with Crippen molar-refractivity contribution in [1.82, 2.24) is 14.7 Å². The lowest BCUT2D eigenvalue weighted by Crippen LogP contribution is -2.53. The Bertz CT molecular complexity index is 406. The highest BCUT2D eigenvalue weighted by Crippen LogP contribution is 2.21. The Balaban J connectivity index is 1.75. The molecule has 0 aromatic carbocycles. The molecule has 23 heavy (non-hydrogen) atoms. The zero-order chi connectivity index (χ0) is 17.0. The zero-order valence-electron chi connectivity index (χ0n) is 15.3. The van der Waals surface area contributed by atoms with Gasteiger partial charge in [-0.05, 0) is 39.8 Å². The van der Waals surface area contributed by atoms with Gasteiger partial charge in [0.25, 0.3) is 0 Å². The van der Waals surface area contributed by atoms with Gasteiger partial charge in [-0.1, -0.05) is 13.8 Å². The van der Waals surface area contributed by atoms with E-state index in [0.29, 0.717) is 24.3 Å². The molecule has 5 heteroatoms. The van der Waals surface area contributed by atoms with Crippen LogP contribution in [0.3, 0.4) is 0 Å². The van der Waals surface area contributed by atoms with Crippen molar-refractivity contribution in [3.63, 3.8) is 0 Å². The summed E-state index contributed by atoms with van der Waals surface area (Å²) in [7, 11) is 0. The van der Waals surface area contributed by atoms with Crippen LogP contribution in [-0.2, 0) is 9.59 Å². The largest absolute Gasteiger partial charge is 0.340 e. The van der Waals surface area contributed by atoms with Crippen molar-refractivity contribution < 1.29 is 9.59 Å². The van der Waals surface area contributed by atoms with Crippen molar-refractivity contribution in [2.45, 2.75) is 46.6 Å². The summed E-state index contributed by atoms with van der Waals surface area (Å²) in [5.41, 5.74) is 0. The van der Waals surface area contributed by atoms with Crippen LogP contribution in [-0.4, -0.2) is 78.2 Å². The van der Waals surface area contributed by atoms with Crippen molar-refractivity contribution in [2.24, 2.45) is 11.8 Å². The summed E-state index contributed by atoms with van der Waals surface area (Å²) < 4.78 is 0. The lowest BCUT2D eigenvalue weighted by molar-refractivity contribution is -0.139. The predicted octanol–water partition coefficient (Wildman–Crippen LogP) is 1.48. The van der Waals surface area contributed by atoms with E-state index in [0.717, 1.165) is 52.1 Å². The highest BCUT2D eigenvalue weighted by Gasteiger charge is 2.31. The maximum absolute atomic E-state index is 12.7. The topological polar surface area (TPSA) is 43.9 Å². The maximum Gasteiger partial charge on any atom is 0.225 e. The first kappa shape index (κ1) is 18.4. The van der Waals surface area contributed by atoms with Gasteiger partial charge in [0, 0.05) is 44.1 Å². The van der Waals surface area contributed by atoms with Gasteiger partial charge in [0.15, 0.2) is 0 Å². The van der Waals surface area contributed by atoms with Crippen molar-refractivity contribution >= 4 is 11.7 Å². The molecule has 0 bridgehead atoms. The molecule has 2 saturated heterocycles. The molecule has 0 aliphatic carbocycles. The number of likely N-dealkylation sites (tertiary alicyclic amines) is 1. The van der Waals surface area contributed by atoms with E-state index in [1.54, 1.807) is 0 Å². The third-order valence-electron chi connectivity index (χ3n) is 5.32. The van der Waals surface area contributed by atoms with Gasteiger partial charge >= 0.3 is 0 Å². The van der Waals surface area contributed by atoms with Crippen molar-refractivity contribution in [3.8, 4) is 0 Å². The monoisotopic (exact) mass is 323 g/mol. The Kier molecular flexibility index (Phi) is 6.60. The second kappa shape index (κ2) is 8.25. The number of hydrogen-bond donors (Lipinski definition) is 0. The van der Waals surface area contributed by atoms with Gasteiger partial charge in [0.05, 0.1) is 6.54 Å². The number of amides is 1. The number of hydrogen-bond acceptors (Lipinski definition) is 4. The Morgan fingerprint density at radius 3 is 1.96 bits per heavy atom. The van der Waals surface area contributed by atoms with Crippen LogP contribution in [0.2, 0.25) is 0 Å². The van der Waals surface area contributed by atoms with E-state index in [9.17, 15) is 9.59 Å². The summed E-state index contributed by atoms with van der Waals surface area (Å²) in [6.07, 6.45) is 1.79. The number of piperazine rings is 1. The highest BCUT2D eigenvalue weighted by atomic mass is 16.2. The average molecular weight is 323 g/mol. The van der Waals surface area contributed by atoms with E-state index in [4.69, 9.17) is 0 Å². The number of carbonyl (C=O) groups is 2. The number of piperidine rings is 1. The van der Waals surface area contributed by atoms with Crippen molar-refractivity contribution in [1.29, 1.82) is 0 Å². The fourth-order valence-electron chi connectivity index (χ4n) is 3.46. The number of rotatable bonds is 5. The second-order valence-corrected chi connectivity index (χ2v) is 7.63. The van der Waals surface area contributed by atoms with Crippen LogP contribution in [0.15, 0.2) is 0 Å². The third kappa shape index (κ3) is 5.01. The first-order chi connectivity index (χ1) is 10.9. The molecule has 1 amide bonds. The standard InChI is InChI=1S/C18H33N3O2/c1-14(2)17(22)13-19-7-5-16(6-8-19)18(23)21-11-9-20(10-12-21)15(3)4/h14-16H,5-13H2,1-4H3. The van der Waals surface area contributed by atoms with Gasteiger partial charge in [-0.3, -0.25) is 19.4 Å². The molecule has 0 saturated carbocycles. The average Bonchev–Trinajstić information content (AvgIpc) is 2.55. The van der Waals surface area contributed by atoms with Gasteiger partial charge in [-0.25, -0.2) is 0 Å². The molecule has 132 valence electrons. The van der Waals surface area contributed by atoms with E-state index in [1.807, 2.05) is 13.8 Å². The Morgan fingerprint density at radius 1 is 0.913 bits per heavy atom. The molecule has 2 aliphatic rings. The first-order valence-corrected chi connectivity index (χ1v) is 9.16. The van der Waals surface area contributed by atoms with Gasteiger partial charge < -0.3 is 4.90 Å². The molecule has 2 aliphatic heterocycles. The van der Waals surface area contributed by atoms with E-state index in [2.05, 4.69) is 28.5 Å². The lowest BCUT2D eigenvalue weighted by atomic mass is 9.94. The maximum atomic E-state index is 12.7. The number of nitrogens with zero attached hydrogens (tertiary/aromatic N) is 3. The second-order valence-electron chi connectivity index (χ2n) is 7.63. The van der Waals surface area contributed by atoms with Gasteiger partial charge in [-0.2, -0.15) is 0 Å². The molecule has 0 unspecified atom stereocenters. The molecule has 0 N–H and O–H groups in total. The summed E-state index contributed by atoms with van der Waals surface area (Å²) in [5, 5.41) is 0. The summed E-state index contributed by atoms with van der Waals surface area (Å²) >= 11 is 0. The minimum Gasteiger partial charge on any atom is -0.340 e. The van der Waals surface area contributed by atoms with Gasteiger partial charge in [0.1, 0.15) is 5.78 Å². The quantitative estimate of drug-likeness (QED) is 0.769. The molecule has 5 nitrogen and oxygen atoms in total. The minimum absolute atomic E-state index is 0.103. The highest BCUT2D eigenvalue weighted by molar-refractivity contribution is 5.82. The first-order valence-electron chi connectivity index (χ1n) is 9.16. The van der Waals surface area contributed by atoms with Gasteiger partial charge in [0.2, 0.25) is 5.91 Å². The fourth-order valence-corrected chi connectivity index (χ4v) is 3.46. The van der Waals surface area contributed by atoms with Crippen molar-refractivity contribution in [3.05, 3.63) is 0 Å². The van der Waals surface area contributed by atoms with Crippen LogP contribution in [0.4, 0.5) is 0 Å². The Hall–Kier alpha value is -0.940. The van der Waals surface area contributed by atoms with E-state index >= 15 is 0 Å². The molecule has 0 aromatic heterocycles. The van der Waals surface area contributed by atoms with Crippen LogP contribution in [0.5, 0.6) is 0 Å². The summed E-state index contributed by atoms with van der Waals surface area (Å²) in [4.78, 5) is 31.2. The van der Waals surface area contributed by atoms with Crippen LogP contribution < -0.4 is 0 Å². The van der Waals surface area contributed by atoms with E-state index in [-0.39, 0.29) is 11.8 Å². The molecule has 2 rings (SSSR count).